The molecule has 1 saturated heterocycles. The van der Waals surface area contributed by atoms with Gasteiger partial charge in [0.05, 0.1) is 13.0 Å². The average molecular weight is 311 g/mol. The van der Waals surface area contributed by atoms with Crippen molar-refractivity contribution < 1.29 is 19.1 Å². The monoisotopic (exact) mass is 311 g/mol. The first kappa shape index (κ1) is 16.7. The lowest BCUT2D eigenvalue weighted by Crippen LogP contribution is -2.46. The van der Waals surface area contributed by atoms with Crippen molar-refractivity contribution in [2.24, 2.45) is 5.41 Å². The second-order valence-corrected chi connectivity index (χ2v) is 6.26. The number of imide groups is 1. The maximum Gasteiger partial charge on any atom is 0.324 e. The van der Waals surface area contributed by atoms with Gasteiger partial charge in [-0.25, -0.2) is 4.79 Å². The molecule has 2 aliphatic rings. The lowest BCUT2D eigenvalue weighted by molar-refractivity contribution is -0.131. The molecule has 7 heteroatoms. The first-order valence-corrected chi connectivity index (χ1v) is 7.89. The molecule has 22 heavy (non-hydrogen) atoms. The third kappa shape index (κ3) is 3.58. The van der Waals surface area contributed by atoms with Gasteiger partial charge >= 0.3 is 6.03 Å². The lowest BCUT2D eigenvalue weighted by atomic mass is 9.69. The van der Waals surface area contributed by atoms with Crippen molar-refractivity contribution in [1.29, 1.82) is 0 Å². The summed E-state index contributed by atoms with van der Waals surface area (Å²) in [6.07, 6.45) is 3.95. The van der Waals surface area contributed by atoms with Crippen LogP contribution in [0.2, 0.25) is 0 Å². The van der Waals surface area contributed by atoms with E-state index in [1.807, 2.05) is 6.92 Å². The van der Waals surface area contributed by atoms with E-state index in [4.69, 9.17) is 4.74 Å². The number of rotatable bonds is 8. The fourth-order valence-corrected chi connectivity index (χ4v) is 3.05. The zero-order valence-electron chi connectivity index (χ0n) is 13.3. The molecule has 1 heterocycles. The van der Waals surface area contributed by atoms with Gasteiger partial charge in [-0.1, -0.05) is 13.3 Å². The van der Waals surface area contributed by atoms with E-state index in [1.165, 1.54) is 4.90 Å². The maximum atomic E-state index is 12.1. The number of hydrogen-bond acceptors (Lipinski definition) is 4. The molecular formula is C15H25N3O4. The van der Waals surface area contributed by atoms with Gasteiger partial charge in [0.2, 0.25) is 5.91 Å². The fourth-order valence-electron chi connectivity index (χ4n) is 3.05. The molecule has 0 aromatic heterocycles. The largest absolute Gasteiger partial charge is 0.384 e. The predicted octanol–water partition coefficient (Wildman–Crippen LogP) is 0.640. The Morgan fingerprint density at radius 2 is 2.18 bits per heavy atom. The molecule has 1 saturated carbocycles. The van der Waals surface area contributed by atoms with Gasteiger partial charge in [-0.2, -0.15) is 0 Å². The molecule has 1 aliphatic heterocycles. The molecule has 2 rings (SSSR count). The molecule has 0 aromatic carbocycles. The van der Waals surface area contributed by atoms with Crippen LogP contribution in [-0.2, 0) is 14.3 Å². The Balaban J connectivity index is 1.80. The molecule has 2 N–H and O–H groups in total. The van der Waals surface area contributed by atoms with Gasteiger partial charge in [0, 0.05) is 25.6 Å². The minimum absolute atomic E-state index is 0.00610. The van der Waals surface area contributed by atoms with Crippen LogP contribution in [0, 0.1) is 5.41 Å². The number of urea groups is 1. The maximum absolute atomic E-state index is 12.1. The number of hydrogen-bond donors (Lipinski definition) is 2. The summed E-state index contributed by atoms with van der Waals surface area (Å²) in [4.78, 5) is 36.9. The molecule has 0 aromatic rings. The molecule has 2 fully saturated rings. The number of nitrogens with one attached hydrogen (secondary N) is 2. The van der Waals surface area contributed by atoms with Gasteiger partial charge < -0.3 is 15.4 Å². The van der Waals surface area contributed by atoms with Crippen molar-refractivity contribution in [2.45, 2.75) is 45.1 Å². The Bertz CT molecular complexity index is 448. The fraction of sp³-hybridized carbons (Fsp3) is 0.800. The second-order valence-electron chi connectivity index (χ2n) is 6.26. The Morgan fingerprint density at radius 3 is 2.73 bits per heavy atom. The average Bonchev–Trinajstić information content (AvgIpc) is 2.70. The van der Waals surface area contributed by atoms with Crippen LogP contribution in [-0.4, -0.2) is 55.6 Å². The summed E-state index contributed by atoms with van der Waals surface area (Å²) in [6.45, 7) is 3.48. The van der Waals surface area contributed by atoms with Crippen LogP contribution in [0.4, 0.5) is 4.79 Å². The van der Waals surface area contributed by atoms with Crippen LogP contribution in [0.5, 0.6) is 0 Å². The molecule has 1 atom stereocenters. The standard InChI is InChI=1S/C15H25N3O4/c1-3-7-18-13(20)11(17-14(18)21)8-12(19)16-9-15(10-22-2)5-4-6-15/h11H,3-10H2,1-2H3,(H,16,19)(H,17,21)/t11-/m0/s1. The summed E-state index contributed by atoms with van der Waals surface area (Å²) >= 11 is 0. The van der Waals surface area contributed by atoms with Crippen LogP contribution in [0.1, 0.15) is 39.0 Å². The number of nitrogens with zero attached hydrogens (tertiary/aromatic N) is 1. The number of carbonyl (C=O) groups is 3. The van der Waals surface area contributed by atoms with E-state index in [9.17, 15) is 14.4 Å². The number of ether oxygens (including phenoxy) is 1. The highest BCUT2D eigenvalue weighted by Gasteiger charge is 2.40. The number of methoxy groups -OCH3 is 1. The normalized spacial score (nSPS) is 23.2. The van der Waals surface area contributed by atoms with E-state index >= 15 is 0 Å². The van der Waals surface area contributed by atoms with Gasteiger partial charge in [0.1, 0.15) is 6.04 Å². The van der Waals surface area contributed by atoms with E-state index in [0.717, 1.165) is 19.3 Å². The van der Waals surface area contributed by atoms with Gasteiger partial charge in [0.25, 0.3) is 5.91 Å². The quantitative estimate of drug-likeness (QED) is 0.644. The molecule has 0 radical (unpaired) electrons. The molecular weight excluding hydrogens is 286 g/mol. The Labute approximate surface area is 130 Å². The van der Waals surface area contributed by atoms with E-state index in [-0.39, 0.29) is 23.7 Å². The van der Waals surface area contributed by atoms with Crippen LogP contribution < -0.4 is 10.6 Å². The highest BCUT2D eigenvalue weighted by atomic mass is 16.5. The summed E-state index contributed by atoms with van der Waals surface area (Å²) in [5.41, 5.74) is 0.0432. The Morgan fingerprint density at radius 1 is 1.45 bits per heavy atom. The van der Waals surface area contributed by atoms with Crippen LogP contribution in [0.25, 0.3) is 0 Å². The highest BCUT2D eigenvalue weighted by molar-refractivity contribution is 6.05. The van der Waals surface area contributed by atoms with Gasteiger partial charge in [-0.05, 0) is 19.3 Å². The molecule has 0 spiro atoms. The van der Waals surface area contributed by atoms with Gasteiger partial charge in [0.15, 0.2) is 0 Å². The molecule has 0 unspecified atom stereocenters. The first-order valence-electron chi connectivity index (χ1n) is 7.89. The smallest absolute Gasteiger partial charge is 0.324 e. The van der Waals surface area contributed by atoms with Crippen LogP contribution in [0.3, 0.4) is 0 Å². The summed E-state index contributed by atoms with van der Waals surface area (Å²) in [5, 5.41) is 5.45. The van der Waals surface area contributed by atoms with Crippen molar-refractivity contribution in [3.8, 4) is 0 Å². The Hall–Kier alpha value is -1.63. The summed E-state index contributed by atoms with van der Waals surface area (Å²) in [6, 6.07) is -1.14. The van der Waals surface area contributed by atoms with E-state index < -0.39 is 12.1 Å². The van der Waals surface area contributed by atoms with Crippen molar-refractivity contribution in [2.75, 3.05) is 26.8 Å². The SMILES string of the molecule is CCCN1C(=O)N[C@@H](CC(=O)NCC2(COC)CCC2)C1=O. The number of amides is 4. The zero-order chi connectivity index (χ0) is 16.2. The molecule has 1 aliphatic carbocycles. The van der Waals surface area contributed by atoms with Crippen molar-refractivity contribution in [3.05, 3.63) is 0 Å². The van der Waals surface area contributed by atoms with Crippen molar-refractivity contribution in [1.82, 2.24) is 15.5 Å². The molecule has 0 bridgehead atoms. The summed E-state index contributed by atoms with van der Waals surface area (Å²) in [7, 11) is 1.66. The van der Waals surface area contributed by atoms with E-state index in [1.54, 1.807) is 7.11 Å². The summed E-state index contributed by atoms with van der Waals surface area (Å²) < 4.78 is 5.22. The van der Waals surface area contributed by atoms with E-state index in [0.29, 0.717) is 26.1 Å². The van der Waals surface area contributed by atoms with Crippen molar-refractivity contribution in [3.63, 3.8) is 0 Å². The highest BCUT2D eigenvalue weighted by Crippen LogP contribution is 2.40. The van der Waals surface area contributed by atoms with Crippen LogP contribution in [0.15, 0.2) is 0 Å². The van der Waals surface area contributed by atoms with Crippen molar-refractivity contribution >= 4 is 17.8 Å². The lowest BCUT2D eigenvalue weighted by Gasteiger charge is -2.41. The predicted molar refractivity (Wildman–Crippen MR) is 80.1 cm³/mol. The molecule has 4 amide bonds. The summed E-state index contributed by atoms with van der Waals surface area (Å²) in [5.74, 6) is -0.517. The number of carbonyl (C=O) groups excluding carboxylic acids is 3. The zero-order valence-corrected chi connectivity index (χ0v) is 13.3. The third-order valence-electron chi connectivity index (χ3n) is 4.47. The first-order chi connectivity index (χ1) is 10.5. The molecule has 7 nitrogen and oxygen atoms in total. The van der Waals surface area contributed by atoms with Crippen LogP contribution >= 0.6 is 0 Å². The minimum atomic E-state index is -0.737. The topological polar surface area (TPSA) is 87.7 Å². The minimum Gasteiger partial charge on any atom is -0.384 e. The Kier molecular flexibility index (Phi) is 5.39. The molecule has 124 valence electrons. The second kappa shape index (κ2) is 7.09. The van der Waals surface area contributed by atoms with E-state index in [2.05, 4.69) is 10.6 Å². The van der Waals surface area contributed by atoms with Gasteiger partial charge in [-0.15, -0.1) is 0 Å². The third-order valence-corrected chi connectivity index (χ3v) is 4.47. The van der Waals surface area contributed by atoms with Gasteiger partial charge in [-0.3, -0.25) is 14.5 Å².